The van der Waals surface area contributed by atoms with Gasteiger partial charge in [0.1, 0.15) is 0 Å². The van der Waals surface area contributed by atoms with Gasteiger partial charge in [-0.25, -0.2) is 0 Å². The van der Waals surface area contributed by atoms with Crippen LogP contribution in [0.25, 0.3) is 0 Å². The molecule has 0 bridgehead atoms. The molecular weight excluding hydrogens is 236 g/mol. The van der Waals surface area contributed by atoms with E-state index in [0.717, 1.165) is 0 Å². The molecule has 0 aliphatic rings. The molecule has 0 aliphatic carbocycles. The van der Waals surface area contributed by atoms with Gasteiger partial charge in [-0.1, -0.05) is 0 Å². The molecule has 0 atom stereocenters. The molecule has 0 saturated carbocycles. The topological polar surface area (TPSA) is 0 Å². The first-order valence-electron chi connectivity index (χ1n) is 3.56. The van der Waals surface area contributed by atoms with Gasteiger partial charge in [-0.2, -0.15) is 0 Å². The summed E-state index contributed by atoms with van der Waals surface area (Å²) in [6.07, 6.45) is 0. The summed E-state index contributed by atoms with van der Waals surface area (Å²) in [7, 11) is 0. The van der Waals surface area contributed by atoms with Crippen molar-refractivity contribution >= 4 is 20.4 Å². The van der Waals surface area contributed by atoms with Gasteiger partial charge in [0.05, 0.1) is 0 Å². The van der Waals surface area contributed by atoms with E-state index in [4.69, 9.17) is 0 Å². The molecule has 0 aliphatic heterocycles. The Morgan fingerprint density at radius 2 is 1.90 bits per heavy atom. The molecule has 0 spiro atoms. The molecule has 0 aromatic carbocycles. The molecule has 0 nitrogen and oxygen atoms in total. The van der Waals surface area contributed by atoms with Gasteiger partial charge in [0.15, 0.2) is 0 Å². The van der Waals surface area contributed by atoms with Crippen molar-refractivity contribution in [3.05, 3.63) is 19.3 Å². The maximum absolute atomic E-state index is 2.38. The van der Waals surface area contributed by atoms with Crippen LogP contribution in [0.4, 0.5) is 0 Å². The molecule has 1 heterocycles. The fraction of sp³-hybridized carbons (Fsp3) is 0.556. The summed E-state index contributed by atoms with van der Waals surface area (Å²) in [6, 6.07) is 2.28. The van der Waals surface area contributed by atoms with Gasteiger partial charge in [0.25, 0.3) is 0 Å². The standard InChI is InChI=1S/C9H14Te/c1-7-5-6-10-8(7)9(2,3)4/h5-6H,1-4H3. The van der Waals surface area contributed by atoms with Crippen LogP contribution in [-0.4, -0.2) is 20.4 Å². The Bertz CT molecular complexity index is 215. The van der Waals surface area contributed by atoms with Gasteiger partial charge in [-0.3, -0.25) is 0 Å². The SMILES string of the molecule is Cc1cc[te]c1C(C)(C)C. The molecular formula is C9H14Te. The molecule has 1 heteroatoms. The van der Waals surface area contributed by atoms with E-state index in [0.29, 0.717) is 5.41 Å². The van der Waals surface area contributed by atoms with Crippen molar-refractivity contribution in [3.63, 3.8) is 0 Å². The van der Waals surface area contributed by atoms with Gasteiger partial charge < -0.3 is 0 Å². The molecule has 0 amide bonds. The van der Waals surface area contributed by atoms with Gasteiger partial charge in [-0.15, -0.1) is 0 Å². The van der Waals surface area contributed by atoms with Crippen molar-refractivity contribution in [1.29, 1.82) is 0 Å². The predicted octanol–water partition coefficient (Wildman–Crippen LogP) is 2.35. The Morgan fingerprint density at radius 3 is 2.10 bits per heavy atom. The monoisotopic (exact) mass is 252 g/mol. The Hall–Kier alpha value is 0.270. The van der Waals surface area contributed by atoms with Gasteiger partial charge >= 0.3 is 72.8 Å². The van der Waals surface area contributed by atoms with E-state index < -0.39 is 0 Å². The summed E-state index contributed by atoms with van der Waals surface area (Å²) in [5, 5.41) is 0. The van der Waals surface area contributed by atoms with Crippen LogP contribution in [0, 0.1) is 6.92 Å². The van der Waals surface area contributed by atoms with Gasteiger partial charge in [-0.05, 0) is 0 Å². The fourth-order valence-electron chi connectivity index (χ4n) is 1.14. The fourth-order valence-corrected chi connectivity index (χ4v) is 4.04. The van der Waals surface area contributed by atoms with Crippen molar-refractivity contribution in [1.82, 2.24) is 0 Å². The summed E-state index contributed by atoms with van der Waals surface area (Å²) < 4.78 is 4.10. The Kier molecular flexibility index (Phi) is 2.27. The summed E-state index contributed by atoms with van der Waals surface area (Å²) in [5.74, 6) is 0. The zero-order chi connectivity index (χ0) is 7.78. The van der Waals surface area contributed by atoms with Crippen LogP contribution < -0.4 is 0 Å². The number of hydrogen-bond acceptors (Lipinski definition) is 0. The molecule has 1 aromatic rings. The molecule has 0 radical (unpaired) electrons. The van der Waals surface area contributed by atoms with Crippen LogP contribution in [0.15, 0.2) is 10.1 Å². The Labute approximate surface area is 72.9 Å². The summed E-state index contributed by atoms with van der Waals surface area (Å²) >= 11 is 0.0787. The van der Waals surface area contributed by atoms with Gasteiger partial charge in [0, 0.05) is 0 Å². The molecule has 0 fully saturated rings. The first-order valence-corrected chi connectivity index (χ1v) is 6.07. The van der Waals surface area contributed by atoms with E-state index in [1.807, 2.05) is 0 Å². The maximum atomic E-state index is 2.38. The van der Waals surface area contributed by atoms with Crippen molar-refractivity contribution < 1.29 is 0 Å². The van der Waals surface area contributed by atoms with Crippen LogP contribution in [-0.2, 0) is 5.41 Å². The van der Waals surface area contributed by atoms with E-state index in [-0.39, 0.29) is 20.4 Å². The van der Waals surface area contributed by atoms with E-state index in [2.05, 4.69) is 37.8 Å². The number of rotatable bonds is 0. The number of aryl methyl sites for hydroxylation is 1. The van der Waals surface area contributed by atoms with Crippen molar-refractivity contribution in [2.75, 3.05) is 0 Å². The van der Waals surface area contributed by atoms with Crippen molar-refractivity contribution in [3.8, 4) is 0 Å². The van der Waals surface area contributed by atoms with Crippen LogP contribution in [0.1, 0.15) is 29.9 Å². The first-order chi connectivity index (χ1) is 4.52. The predicted molar refractivity (Wildman–Crippen MR) is 46.8 cm³/mol. The molecule has 56 valence electrons. The number of hydrogen-bond donors (Lipinski definition) is 0. The third kappa shape index (κ3) is 1.65. The molecule has 1 rings (SSSR count). The van der Waals surface area contributed by atoms with Crippen LogP contribution in [0.3, 0.4) is 0 Å². The third-order valence-corrected chi connectivity index (χ3v) is 5.66. The van der Waals surface area contributed by atoms with E-state index in [1.165, 1.54) is 5.56 Å². The molecule has 10 heavy (non-hydrogen) atoms. The average Bonchev–Trinajstić information content (AvgIpc) is 2.11. The molecule has 0 unspecified atom stereocenters. The van der Waals surface area contributed by atoms with E-state index >= 15 is 0 Å². The van der Waals surface area contributed by atoms with Crippen molar-refractivity contribution in [2.24, 2.45) is 0 Å². The van der Waals surface area contributed by atoms with Crippen molar-refractivity contribution in [2.45, 2.75) is 33.1 Å². The quantitative estimate of drug-likeness (QED) is 0.620. The second kappa shape index (κ2) is 2.72. The minimum absolute atomic E-state index is 0.0787. The third-order valence-electron chi connectivity index (χ3n) is 1.54. The van der Waals surface area contributed by atoms with Gasteiger partial charge in [0.2, 0.25) is 0 Å². The zero-order valence-electron chi connectivity index (χ0n) is 7.06. The Morgan fingerprint density at radius 1 is 1.30 bits per heavy atom. The van der Waals surface area contributed by atoms with Crippen LogP contribution in [0.5, 0.6) is 0 Å². The summed E-state index contributed by atoms with van der Waals surface area (Å²) in [4.78, 5) is 0. The molecule has 0 saturated heterocycles. The Balaban J connectivity index is 3.05. The minimum atomic E-state index is 0.0787. The second-order valence-electron chi connectivity index (χ2n) is 3.68. The zero-order valence-corrected chi connectivity index (χ0v) is 9.39. The normalized spacial score (nSPS) is 12.0. The molecule has 1 aromatic heterocycles. The first kappa shape index (κ1) is 8.37. The summed E-state index contributed by atoms with van der Waals surface area (Å²) in [6.45, 7) is 9.16. The molecule has 0 N–H and O–H groups in total. The van der Waals surface area contributed by atoms with E-state index in [9.17, 15) is 0 Å². The second-order valence-corrected chi connectivity index (χ2v) is 6.30. The van der Waals surface area contributed by atoms with Crippen LogP contribution >= 0.6 is 0 Å². The average molecular weight is 250 g/mol. The van der Waals surface area contributed by atoms with Crippen LogP contribution in [0.2, 0.25) is 0 Å². The van der Waals surface area contributed by atoms with E-state index in [1.54, 1.807) is 3.58 Å². The summed E-state index contributed by atoms with van der Waals surface area (Å²) in [5.41, 5.74) is 1.95.